The van der Waals surface area contributed by atoms with Gasteiger partial charge in [-0.05, 0) is 69.7 Å². The Hall–Kier alpha value is -2.69. The molecule has 1 aliphatic carbocycles. The molecule has 1 saturated carbocycles. The minimum Gasteiger partial charge on any atom is -0.508 e. The van der Waals surface area contributed by atoms with Crippen LogP contribution in [0.4, 0.5) is 0 Å². The zero-order valence-electron chi connectivity index (χ0n) is 20.4. The van der Waals surface area contributed by atoms with E-state index in [0.717, 1.165) is 37.7 Å². The van der Waals surface area contributed by atoms with Crippen molar-refractivity contribution in [3.8, 4) is 5.75 Å². The molecule has 0 unspecified atom stereocenters. The molecule has 196 valence electrons. The van der Waals surface area contributed by atoms with E-state index in [4.69, 9.17) is 16.2 Å². The number of phenols is 1. The van der Waals surface area contributed by atoms with Crippen molar-refractivity contribution in [2.45, 2.75) is 95.0 Å². The van der Waals surface area contributed by atoms with Crippen LogP contribution >= 0.6 is 0 Å². The minimum atomic E-state index is -1.15. The van der Waals surface area contributed by atoms with E-state index < -0.39 is 42.0 Å². The number of carbonyl (C=O) groups excluding carboxylic acids is 2. The molecule has 0 spiro atoms. The number of nitrogens with two attached hydrogens (primary N) is 2. The summed E-state index contributed by atoms with van der Waals surface area (Å²) in [5, 5.41) is 24.2. The standard InChI is InChI=1S/C25H40N4O6/c1-16(35-19-7-3-2-4-8-19)22(24(32)28-21(25(33)34)9-5-6-14-26)29-23(31)20(27)15-17-10-12-18(30)13-11-17/h10-13,16,19-22,30H,2-9,14-15,26-27H2,1H3,(H,28,32)(H,29,31)(H,33,34)/t16-,20+,21+,22+/m1/s1. The van der Waals surface area contributed by atoms with Gasteiger partial charge in [-0.3, -0.25) is 9.59 Å². The molecule has 0 aliphatic heterocycles. The first-order valence-corrected chi connectivity index (χ1v) is 12.4. The maximum Gasteiger partial charge on any atom is 0.326 e. The van der Waals surface area contributed by atoms with Crippen LogP contribution in [0.15, 0.2) is 24.3 Å². The summed E-state index contributed by atoms with van der Waals surface area (Å²) in [6, 6.07) is 3.20. The number of unbranched alkanes of at least 4 members (excludes halogenated alkanes) is 1. The molecule has 4 atom stereocenters. The lowest BCUT2D eigenvalue weighted by Gasteiger charge is -2.31. The Morgan fingerprint density at radius 2 is 1.71 bits per heavy atom. The van der Waals surface area contributed by atoms with Gasteiger partial charge in [-0.1, -0.05) is 31.4 Å². The summed E-state index contributed by atoms with van der Waals surface area (Å²) in [5.41, 5.74) is 12.3. The predicted octanol–water partition coefficient (Wildman–Crippen LogP) is 1.18. The lowest BCUT2D eigenvalue weighted by Crippen LogP contribution is -2.59. The van der Waals surface area contributed by atoms with E-state index in [1.807, 2.05) is 0 Å². The second-order valence-electron chi connectivity index (χ2n) is 9.25. The van der Waals surface area contributed by atoms with Gasteiger partial charge in [-0.15, -0.1) is 0 Å². The third-order valence-electron chi connectivity index (χ3n) is 6.30. The molecule has 1 fully saturated rings. The Balaban J connectivity index is 2.09. The molecule has 0 bridgehead atoms. The highest BCUT2D eigenvalue weighted by molar-refractivity contribution is 5.92. The maximum absolute atomic E-state index is 13.2. The van der Waals surface area contributed by atoms with E-state index in [9.17, 15) is 24.6 Å². The number of rotatable bonds is 14. The molecule has 2 amide bonds. The Kier molecular flexibility index (Phi) is 11.9. The molecule has 1 aromatic carbocycles. The van der Waals surface area contributed by atoms with Gasteiger partial charge in [0, 0.05) is 0 Å². The van der Waals surface area contributed by atoms with Crippen molar-refractivity contribution in [3.05, 3.63) is 29.8 Å². The van der Waals surface area contributed by atoms with E-state index in [1.54, 1.807) is 19.1 Å². The number of benzene rings is 1. The molecule has 10 nitrogen and oxygen atoms in total. The first kappa shape index (κ1) is 28.5. The number of amides is 2. The number of carboxylic acids is 1. The summed E-state index contributed by atoms with van der Waals surface area (Å²) in [6.45, 7) is 2.14. The van der Waals surface area contributed by atoms with E-state index >= 15 is 0 Å². The smallest absolute Gasteiger partial charge is 0.326 e. The average Bonchev–Trinajstić information content (AvgIpc) is 2.83. The number of hydrogen-bond acceptors (Lipinski definition) is 7. The number of carbonyl (C=O) groups is 3. The average molecular weight is 493 g/mol. The summed E-state index contributed by atoms with van der Waals surface area (Å²) in [6.07, 6.45) is 5.92. The molecule has 1 aliphatic rings. The van der Waals surface area contributed by atoms with Crippen LogP contribution in [0.25, 0.3) is 0 Å². The lowest BCUT2D eigenvalue weighted by molar-refractivity contribution is -0.144. The zero-order chi connectivity index (χ0) is 25.8. The number of ether oxygens (including phenoxy) is 1. The first-order valence-electron chi connectivity index (χ1n) is 12.4. The highest BCUT2D eigenvalue weighted by atomic mass is 16.5. The van der Waals surface area contributed by atoms with Crippen molar-refractivity contribution in [3.63, 3.8) is 0 Å². The van der Waals surface area contributed by atoms with Crippen molar-refractivity contribution in [1.29, 1.82) is 0 Å². The van der Waals surface area contributed by atoms with Crippen LogP contribution in [0, 0.1) is 0 Å². The summed E-state index contributed by atoms with van der Waals surface area (Å²) in [7, 11) is 0. The molecular formula is C25H40N4O6. The normalized spacial score (nSPS) is 17.7. The second kappa shape index (κ2) is 14.7. The third-order valence-corrected chi connectivity index (χ3v) is 6.30. The monoisotopic (exact) mass is 492 g/mol. The minimum absolute atomic E-state index is 0.0172. The Morgan fingerprint density at radius 1 is 1.06 bits per heavy atom. The van der Waals surface area contributed by atoms with Crippen LogP contribution in [0.1, 0.15) is 63.9 Å². The summed E-state index contributed by atoms with van der Waals surface area (Å²) in [5.74, 6) is -2.21. The Labute approximate surface area is 206 Å². The van der Waals surface area contributed by atoms with Gasteiger partial charge in [-0.25, -0.2) is 4.79 Å². The molecule has 0 aromatic heterocycles. The summed E-state index contributed by atoms with van der Waals surface area (Å²) in [4.78, 5) is 37.8. The summed E-state index contributed by atoms with van der Waals surface area (Å²) < 4.78 is 6.12. The highest BCUT2D eigenvalue weighted by Gasteiger charge is 2.33. The SMILES string of the molecule is C[C@@H](OC1CCCCC1)[C@H](NC(=O)[C@@H](N)Cc1ccc(O)cc1)C(=O)N[C@@H](CCCCN)C(=O)O. The second-order valence-corrected chi connectivity index (χ2v) is 9.25. The van der Waals surface area contributed by atoms with Crippen molar-refractivity contribution >= 4 is 17.8 Å². The number of aliphatic carboxylic acids is 1. The maximum atomic E-state index is 13.2. The third kappa shape index (κ3) is 9.83. The topological polar surface area (TPSA) is 177 Å². The van der Waals surface area contributed by atoms with Crippen molar-refractivity contribution in [2.24, 2.45) is 11.5 Å². The van der Waals surface area contributed by atoms with Gasteiger partial charge in [0.1, 0.15) is 17.8 Å². The van der Waals surface area contributed by atoms with E-state index in [1.165, 1.54) is 12.1 Å². The first-order chi connectivity index (χ1) is 16.7. The van der Waals surface area contributed by atoms with Crippen molar-refractivity contribution in [1.82, 2.24) is 10.6 Å². The Bertz CT molecular complexity index is 813. The van der Waals surface area contributed by atoms with Gasteiger partial charge in [0.2, 0.25) is 11.8 Å². The van der Waals surface area contributed by atoms with Crippen molar-refractivity contribution < 1.29 is 29.3 Å². The molecule has 35 heavy (non-hydrogen) atoms. The van der Waals surface area contributed by atoms with Gasteiger partial charge in [0.25, 0.3) is 0 Å². The lowest BCUT2D eigenvalue weighted by atomic mass is 9.97. The number of aromatic hydroxyl groups is 1. The fourth-order valence-electron chi connectivity index (χ4n) is 4.23. The number of nitrogens with one attached hydrogen (secondary N) is 2. The number of carboxylic acid groups (broad SMARTS) is 1. The quantitative estimate of drug-likeness (QED) is 0.210. The van der Waals surface area contributed by atoms with Gasteiger partial charge in [0.05, 0.1) is 18.2 Å². The fraction of sp³-hybridized carbons (Fsp3) is 0.640. The molecule has 0 saturated heterocycles. The number of phenolic OH excluding ortho intramolecular Hbond substituents is 1. The van der Waals surface area contributed by atoms with Gasteiger partial charge < -0.3 is 37.1 Å². The Morgan fingerprint density at radius 3 is 2.31 bits per heavy atom. The van der Waals surface area contributed by atoms with Gasteiger partial charge in [-0.2, -0.15) is 0 Å². The van der Waals surface area contributed by atoms with Gasteiger partial charge in [0.15, 0.2) is 0 Å². The molecule has 8 N–H and O–H groups in total. The van der Waals surface area contributed by atoms with Crippen LogP contribution in [-0.2, 0) is 25.5 Å². The van der Waals surface area contributed by atoms with Crippen LogP contribution in [-0.4, -0.2) is 64.9 Å². The van der Waals surface area contributed by atoms with E-state index in [0.29, 0.717) is 19.4 Å². The van der Waals surface area contributed by atoms with Crippen LogP contribution in [0.5, 0.6) is 5.75 Å². The molecule has 10 heteroatoms. The molecule has 2 rings (SSSR count). The van der Waals surface area contributed by atoms with E-state index in [2.05, 4.69) is 10.6 Å². The van der Waals surface area contributed by atoms with Gasteiger partial charge >= 0.3 is 5.97 Å². The molecular weight excluding hydrogens is 452 g/mol. The number of hydrogen-bond donors (Lipinski definition) is 6. The highest BCUT2D eigenvalue weighted by Crippen LogP contribution is 2.22. The van der Waals surface area contributed by atoms with E-state index in [-0.39, 0.29) is 24.7 Å². The largest absolute Gasteiger partial charge is 0.508 e. The van der Waals surface area contributed by atoms with Crippen LogP contribution in [0.3, 0.4) is 0 Å². The zero-order valence-corrected chi connectivity index (χ0v) is 20.4. The molecule has 1 aromatic rings. The predicted molar refractivity (Wildman–Crippen MR) is 132 cm³/mol. The fourth-order valence-corrected chi connectivity index (χ4v) is 4.23. The molecule has 0 heterocycles. The summed E-state index contributed by atoms with van der Waals surface area (Å²) >= 11 is 0. The van der Waals surface area contributed by atoms with Crippen molar-refractivity contribution in [2.75, 3.05) is 6.54 Å². The molecule has 0 radical (unpaired) electrons. The van der Waals surface area contributed by atoms with Crippen LogP contribution < -0.4 is 22.1 Å². The van der Waals surface area contributed by atoms with Crippen LogP contribution in [0.2, 0.25) is 0 Å².